The van der Waals surface area contributed by atoms with E-state index < -0.39 is 11.6 Å². The Kier molecular flexibility index (Phi) is 5.88. The molecule has 0 atom stereocenters. The summed E-state index contributed by atoms with van der Waals surface area (Å²) in [4.78, 5) is 20.1. The molecule has 1 amide bonds. The second-order valence-corrected chi connectivity index (χ2v) is 6.15. The maximum Gasteiger partial charge on any atom is 0.270 e. The van der Waals surface area contributed by atoms with Crippen LogP contribution in [0.3, 0.4) is 0 Å². The number of hydrogen-bond donors (Lipinski definition) is 2. The molecule has 5 nitrogen and oxygen atoms in total. The highest BCUT2D eigenvalue weighted by molar-refractivity contribution is 5.92. The second kappa shape index (κ2) is 8.51. The molecule has 0 spiro atoms. The molecule has 1 heterocycles. The molecule has 0 radical (unpaired) electrons. The predicted octanol–water partition coefficient (Wildman–Crippen LogP) is 4.12. The lowest BCUT2D eigenvalue weighted by Crippen LogP contribution is -2.26. The van der Waals surface area contributed by atoms with Crippen molar-refractivity contribution in [2.45, 2.75) is 32.1 Å². The summed E-state index contributed by atoms with van der Waals surface area (Å²) in [5.74, 6) is -1.46. The van der Waals surface area contributed by atoms with Gasteiger partial charge in [-0.1, -0.05) is 11.6 Å². The van der Waals surface area contributed by atoms with Crippen molar-refractivity contribution in [3.05, 3.63) is 59.6 Å². The minimum atomic E-state index is -0.740. The highest BCUT2D eigenvalue weighted by Crippen LogP contribution is 2.20. The molecule has 0 aliphatic heterocycles. The number of nitrogens with zero attached hydrogens (tertiary/aromatic N) is 2. The average Bonchev–Trinajstić information content (AvgIpc) is 2.65. The van der Waals surface area contributed by atoms with Crippen LogP contribution in [0.2, 0.25) is 0 Å². The van der Waals surface area contributed by atoms with Crippen LogP contribution in [-0.4, -0.2) is 22.4 Å². The van der Waals surface area contributed by atoms with Gasteiger partial charge in [-0.05, 0) is 44.2 Å². The molecule has 0 unspecified atom stereocenters. The topological polar surface area (TPSA) is 66.9 Å². The molecule has 1 aromatic carbocycles. The molecular weight excluding hydrogens is 338 g/mol. The van der Waals surface area contributed by atoms with Crippen LogP contribution in [0.15, 0.2) is 42.2 Å². The lowest BCUT2D eigenvalue weighted by atomic mass is 9.97. The third-order valence-electron chi connectivity index (χ3n) is 4.21. The molecule has 7 heteroatoms. The van der Waals surface area contributed by atoms with Gasteiger partial charge in [-0.2, -0.15) is 0 Å². The third-order valence-corrected chi connectivity index (χ3v) is 4.21. The summed E-state index contributed by atoms with van der Waals surface area (Å²) in [7, 11) is 0. The van der Waals surface area contributed by atoms with E-state index in [-0.39, 0.29) is 23.1 Å². The highest BCUT2D eigenvalue weighted by Gasteiger charge is 2.11. The predicted molar refractivity (Wildman–Crippen MR) is 95.2 cm³/mol. The normalized spacial score (nSPS) is 13.8. The molecule has 1 aliphatic carbocycles. The second-order valence-electron chi connectivity index (χ2n) is 6.15. The Labute approximate surface area is 150 Å². The zero-order valence-electron chi connectivity index (χ0n) is 14.3. The Bertz CT molecular complexity index is 823. The summed E-state index contributed by atoms with van der Waals surface area (Å²) in [5.41, 5.74) is 1.64. The number of carbonyl (C=O) groups is 1. The van der Waals surface area contributed by atoms with Crippen LogP contribution in [0, 0.1) is 11.6 Å². The summed E-state index contributed by atoms with van der Waals surface area (Å²) in [5, 5.41) is 5.56. The fourth-order valence-electron chi connectivity index (χ4n) is 2.84. The molecule has 0 bridgehead atoms. The van der Waals surface area contributed by atoms with Gasteiger partial charge in [-0.25, -0.2) is 18.7 Å². The Hall–Kier alpha value is -2.83. The lowest BCUT2D eigenvalue weighted by Gasteiger charge is -2.13. The van der Waals surface area contributed by atoms with E-state index in [1.165, 1.54) is 36.9 Å². The Morgan fingerprint density at radius 3 is 2.81 bits per heavy atom. The fraction of sp³-hybridized carbons (Fsp3) is 0.316. The van der Waals surface area contributed by atoms with Gasteiger partial charge in [-0.3, -0.25) is 4.79 Å². The molecular formula is C19H20F2N4O. The number of allylic oxidation sites excluding steroid dienone is 1. The van der Waals surface area contributed by atoms with Crippen LogP contribution in [-0.2, 0) is 0 Å². The number of halogens is 2. The van der Waals surface area contributed by atoms with E-state index >= 15 is 0 Å². The van der Waals surface area contributed by atoms with E-state index in [1.807, 2.05) is 0 Å². The fourth-order valence-corrected chi connectivity index (χ4v) is 2.84. The maximum atomic E-state index is 13.7. The number of anilines is 2. The molecule has 2 aromatic rings. The van der Waals surface area contributed by atoms with Gasteiger partial charge in [0.2, 0.25) is 0 Å². The molecule has 136 valence electrons. The summed E-state index contributed by atoms with van der Waals surface area (Å²) in [6.07, 6.45) is 8.97. The highest BCUT2D eigenvalue weighted by atomic mass is 19.1. The molecule has 26 heavy (non-hydrogen) atoms. The Morgan fingerprint density at radius 2 is 2.04 bits per heavy atom. The van der Waals surface area contributed by atoms with Gasteiger partial charge < -0.3 is 10.6 Å². The number of hydrogen-bond acceptors (Lipinski definition) is 4. The standard InChI is InChI=1S/C19H20F2N4O/c20-14-6-7-16(15(21)10-14)25-18-11-17(23-12-24-18)19(26)22-9-8-13-4-2-1-3-5-13/h4,6-7,10-12H,1-3,5,8-9H2,(H,22,26)(H,23,24,25). The Morgan fingerprint density at radius 1 is 1.15 bits per heavy atom. The van der Waals surface area contributed by atoms with Gasteiger partial charge >= 0.3 is 0 Å². The van der Waals surface area contributed by atoms with Crippen molar-refractivity contribution in [2.75, 3.05) is 11.9 Å². The van der Waals surface area contributed by atoms with Crippen LogP contribution >= 0.6 is 0 Å². The minimum absolute atomic E-state index is 0.0701. The van der Waals surface area contributed by atoms with Crippen LogP contribution in [0.4, 0.5) is 20.3 Å². The first-order chi connectivity index (χ1) is 12.6. The summed E-state index contributed by atoms with van der Waals surface area (Å²) >= 11 is 0. The number of aromatic nitrogens is 2. The van der Waals surface area contributed by atoms with Gasteiger partial charge in [0, 0.05) is 18.7 Å². The van der Waals surface area contributed by atoms with Crippen LogP contribution in [0.1, 0.15) is 42.6 Å². The first kappa shape index (κ1) is 18.0. The number of amides is 1. The smallest absolute Gasteiger partial charge is 0.270 e. The molecule has 2 N–H and O–H groups in total. The third kappa shape index (κ3) is 4.84. The number of benzene rings is 1. The Balaban J connectivity index is 1.59. The van der Waals surface area contributed by atoms with Crippen molar-refractivity contribution in [3.63, 3.8) is 0 Å². The first-order valence-corrected chi connectivity index (χ1v) is 8.62. The zero-order valence-corrected chi connectivity index (χ0v) is 14.3. The van der Waals surface area contributed by atoms with Crippen molar-refractivity contribution in [1.29, 1.82) is 0 Å². The molecule has 1 aliphatic rings. The van der Waals surface area contributed by atoms with Gasteiger partial charge in [0.25, 0.3) is 5.91 Å². The summed E-state index contributed by atoms with van der Waals surface area (Å²) < 4.78 is 26.7. The van der Waals surface area contributed by atoms with E-state index in [4.69, 9.17) is 0 Å². The number of carbonyl (C=O) groups excluding carboxylic acids is 1. The summed E-state index contributed by atoms with van der Waals surface area (Å²) in [6.45, 7) is 0.546. The van der Waals surface area contributed by atoms with Crippen LogP contribution in [0.5, 0.6) is 0 Å². The van der Waals surface area contributed by atoms with E-state index in [9.17, 15) is 13.6 Å². The maximum absolute atomic E-state index is 13.7. The number of nitrogens with one attached hydrogen (secondary N) is 2. The molecule has 1 aromatic heterocycles. The first-order valence-electron chi connectivity index (χ1n) is 8.62. The van der Waals surface area contributed by atoms with E-state index in [0.29, 0.717) is 6.54 Å². The molecule has 0 saturated carbocycles. The van der Waals surface area contributed by atoms with Crippen molar-refractivity contribution < 1.29 is 13.6 Å². The number of rotatable bonds is 6. The monoisotopic (exact) mass is 358 g/mol. The molecule has 0 saturated heterocycles. The van der Waals surface area contributed by atoms with Crippen molar-refractivity contribution in [2.24, 2.45) is 0 Å². The SMILES string of the molecule is O=C(NCCC1=CCCCC1)c1cc(Nc2ccc(F)cc2F)ncn1. The van der Waals surface area contributed by atoms with Gasteiger partial charge in [-0.15, -0.1) is 0 Å². The van der Waals surface area contributed by atoms with E-state index in [1.54, 1.807) is 0 Å². The average molecular weight is 358 g/mol. The van der Waals surface area contributed by atoms with Gasteiger partial charge in [0.15, 0.2) is 0 Å². The lowest BCUT2D eigenvalue weighted by molar-refractivity contribution is 0.0949. The molecule has 0 fully saturated rings. The summed E-state index contributed by atoms with van der Waals surface area (Å²) in [6, 6.07) is 4.61. The van der Waals surface area contributed by atoms with Crippen molar-refractivity contribution in [1.82, 2.24) is 15.3 Å². The zero-order chi connectivity index (χ0) is 18.4. The van der Waals surface area contributed by atoms with Crippen LogP contribution < -0.4 is 10.6 Å². The van der Waals surface area contributed by atoms with Gasteiger partial charge in [0.1, 0.15) is 29.5 Å². The van der Waals surface area contributed by atoms with E-state index in [2.05, 4.69) is 26.7 Å². The largest absolute Gasteiger partial charge is 0.350 e. The van der Waals surface area contributed by atoms with Crippen molar-refractivity contribution in [3.8, 4) is 0 Å². The minimum Gasteiger partial charge on any atom is -0.350 e. The molecule has 3 rings (SSSR count). The van der Waals surface area contributed by atoms with Gasteiger partial charge in [0.05, 0.1) is 5.69 Å². The van der Waals surface area contributed by atoms with Crippen molar-refractivity contribution >= 4 is 17.4 Å². The quantitative estimate of drug-likeness (QED) is 0.763. The van der Waals surface area contributed by atoms with Crippen LogP contribution in [0.25, 0.3) is 0 Å². The van der Waals surface area contributed by atoms with E-state index in [0.717, 1.165) is 31.4 Å².